The number of hydrogen-bond donors (Lipinski definition) is 1. The number of hydrogen-bond acceptors (Lipinski definition) is 3. The summed E-state index contributed by atoms with van der Waals surface area (Å²) in [6, 6.07) is 12.3. The molecule has 0 saturated carbocycles. The molecule has 1 aromatic carbocycles. The fourth-order valence-electron chi connectivity index (χ4n) is 3.35. The molecule has 0 aliphatic carbocycles. The van der Waals surface area contributed by atoms with Crippen molar-refractivity contribution in [3.05, 3.63) is 55.1 Å². The molecule has 0 aliphatic rings. The molecule has 0 bridgehead atoms. The summed E-state index contributed by atoms with van der Waals surface area (Å²) in [6.45, 7) is 4.37. The molecular weight excluding hydrogens is 348 g/mol. The minimum atomic E-state index is 0.597. The third-order valence-electron chi connectivity index (χ3n) is 4.97. The average molecular weight is 382 g/mol. The van der Waals surface area contributed by atoms with Crippen LogP contribution in [-0.2, 0) is 18.1 Å². The summed E-state index contributed by atoms with van der Waals surface area (Å²) in [4.78, 5) is 4.43. The van der Waals surface area contributed by atoms with Crippen molar-refractivity contribution in [2.24, 2.45) is 0 Å². The van der Waals surface area contributed by atoms with Gasteiger partial charge in [0.05, 0.1) is 30.6 Å². The van der Waals surface area contributed by atoms with Crippen LogP contribution in [0.15, 0.2) is 55.1 Å². The predicted molar refractivity (Wildman–Crippen MR) is 114 cm³/mol. The molecule has 3 rings (SSSR count). The second-order valence-electron chi connectivity index (χ2n) is 7.30. The van der Waals surface area contributed by atoms with Crippen LogP contribution in [0.1, 0.15) is 51.9 Å². The van der Waals surface area contributed by atoms with Crippen LogP contribution in [0.4, 0.5) is 5.69 Å². The summed E-state index contributed by atoms with van der Waals surface area (Å²) >= 11 is 0. The molecule has 0 fully saturated rings. The number of fused-ring (bicyclic) bond motifs is 1. The van der Waals surface area contributed by atoms with Crippen LogP contribution >= 0.6 is 0 Å². The van der Waals surface area contributed by atoms with Crippen molar-refractivity contribution in [2.75, 3.05) is 11.9 Å². The van der Waals surface area contributed by atoms with E-state index in [1.165, 1.54) is 38.5 Å². The van der Waals surface area contributed by atoms with Gasteiger partial charge in [-0.3, -0.25) is 0 Å². The highest BCUT2D eigenvalue weighted by Crippen LogP contribution is 2.12. The maximum Gasteiger partial charge on any atom is 0.252 e. The molecule has 0 aliphatic heterocycles. The topological polar surface area (TPSA) is 43.0 Å². The van der Waals surface area contributed by atoms with Crippen molar-refractivity contribution in [1.29, 1.82) is 0 Å². The summed E-state index contributed by atoms with van der Waals surface area (Å²) in [5, 5.41) is 3.46. The van der Waals surface area contributed by atoms with Crippen LogP contribution in [0, 0.1) is 0 Å². The van der Waals surface area contributed by atoms with Crippen LogP contribution in [0.2, 0.25) is 0 Å². The van der Waals surface area contributed by atoms with Gasteiger partial charge in [0.1, 0.15) is 5.69 Å². The second-order valence-corrected chi connectivity index (χ2v) is 7.30. The molecule has 2 heterocycles. The van der Waals surface area contributed by atoms with Crippen LogP contribution in [-0.4, -0.2) is 16.2 Å². The lowest BCUT2D eigenvalue weighted by Crippen LogP contribution is -2.34. The number of nitrogens with zero attached hydrogens (tertiary/aromatic N) is 3. The lowest BCUT2D eigenvalue weighted by atomic mass is 10.1. The van der Waals surface area contributed by atoms with Gasteiger partial charge in [-0.25, -0.2) is 4.98 Å². The Hall–Kier alpha value is -2.40. The van der Waals surface area contributed by atoms with Crippen molar-refractivity contribution in [3.63, 3.8) is 0 Å². The Labute approximate surface area is 168 Å². The van der Waals surface area contributed by atoms with Gasteiger partial charge in [-0.05, 0) is 24.6 Å². The van der Waals surface area contributed by atoms with Gasteiger partial charge in [0.2, 0.25) is 0 Å². The number of para-hydroxylation sites is 2. The van der Waals surface area contributed by atoms with Gasteiger partial charge < -0.3 is 14.6 Å². The van der Waals surface area contributed by atoms with Crippen molar-refractivity contribution in [1.82, 2.24) is 9.55 Å². The summed E-state index contributed by atoms with van der Waals surface area (Å²) in [6.07, 6.45) is 15.2. The van der Waals surface area contributed by atoms with Crippen molar-refractivity contribution in [2.45, 2.75) is 65.3 Å². The van der Waals surface area contributed by atoms with Crippen molar-refractivity contribution < 1.29 is 9.30 Å². The molecule has 5 heteroatoms. The normalized spacial score (nSPS) is 11.2. The van der Waals surface area contributed by atoms with Gasteiger partial charge in [-0.2, -0.15) is 4.57 Å². The predicted octanol–water partition coefficient (Wildman–Crippen LogP) is 5.12. The first kappa shape index (κ1) is 20.3. The maximum atomic E-state index is 5.83. The van der Waals surface area contributed by atoms with E-state index in [2.05, 4.69) is 44.7 Å². The quantitative estimate of drug-likeness (QED) is 0.330. The highest BCUT2D eigenvalue weighted by Gasteiger charge is 2.04. The Balaban J connectivity index is 1.37. The zero-order chi connectivity index (χ0) is 19.4. The molecule has 2 aromatic heterocycles. The molecule has 0 unspecified atom stereocenters. The molecule has 5 nitrogen and oxygen atoms in total. The van der Waals surface area contributed by atoms with Crippen LogP contribution in [0.25, 0.3) is 11.0 Å². The number of aromatic nitrogens is 3. The minimum absolute atomic E-state index is 0.597. The Morgan fingerprint density at radius 1 is 1.00 bits per heavy atom. The molecule has 0 amide bonds. The zero-order valence-electron chi connectivity index (χ0n) is 17.0. The number of nitrogens with one attached hydrogen (secondary N) is 1. The molecule has 0 saturated heterocycles. The van der Waals surface area contributed by atoms with Gasteiger partial charge in [-0.15, -0.1) is 0 Å². The van der Waals surface area contributed by atoms with Gasteiger partial charge in [-0.1, -0.05) is 57.6 Å². The van der Waals surface area contributed by atoms with Gasteiger partial charge in [0, 0.05) is 6.07 Å². The fourth-order valence-corrected chi connectivity index (χ4v) is 3.35. The summed E-state index contributed by atoms with van der Waals surface area (Å²) in [5.41, 5.74) is 3.22. The maximum absolute atomic E-state index is 5.83. The number of benzene rings is 1. The largest absolute Gasteiger partial charge is 0.363 e. The lowest BCUT2D eigenvalue weighted by molar-refractivity contribution is -0.732. The van der Waals surface area contributed by atoms with E-state index in [1.54, 1.807) is 0 Å². The van der Waals surface area contributed by atoms with E-state index in [9.17, 15) is 0 Å². The molecule has 1 N–H and O–H groups in total. The lowest BCUT2D eigenvalue weighted by Gasteiger charge is -2.08. The molecule has 0 spiro atoms. The molecule has 150 valence electrons. The first-order chi connectivity index (χ1) is 13.9. The third kappa shape index (κ3) is 6.34. The van der Waals surface area contributed by atoms with Crippen LogP contribution in [0.3, 0.4) is 0 Å². The number of imidazole rings is 1. The number of pyridine rings is 1. The number of rotatable bonds is 13. The second kappa shape index (κ2) is 11.4. The fraction of sp³-hybridized carbons (Fsp3) is 0.478. The molecule has 28 heavy (non-hydrogen) atoms. The Morgan fingerprint density at radius 2 is 1.82 bits per heavy atom. The van der Waals surface area contributed by atoms with E-state index in [-0.39, 0.29) is 0 Å². The van der Waals surface area contributed by atoms with E-state index in [0.29, 0.717) is 13.4 Å². The highest BCUT2D eigenvalue weighted by molar-refractivity contribution is 5.74. The summed E-state index contributed by atoms with van der Waals surface area (Å²) < 4.78 is 10.0. The Kier molecular flexibility index (Phi) is 8.31. The van der Waals surface area contributed by atoms with Crippen molar-refractivity contribution >= 4 is 16.7 Å². The summed E-state index contributed by atoms with van der Waals surface area (Å²) in [5.74, 6) is 0. The van der Waals surface area contributed by atoms with Gasteiger partial charge in [0.25, 0.3) is 6.73 Å². The average Bonchev–Trinajstić information content (AvgIpc) is 3.14. The van der Waals surface area contributed by atoms with E-state index < -0.39 is 0 Å². The van der Waals surface area contributed by atoms with E-state index in [1.807, 2.05) is 36.8 Å². The van der Waals surface area contributed by atoms with Crippen LogP contribution in [0.5, 0.6) is 0 Å². The monoisotopic (exact) mass is 381 g/mol. The van der Waals surface area contributed by atoms with Gasteiger partial charge in [0.15, 0.2) is 12.4 Å². The molecule has 0 radical (unpaired) electrons. The zero-order valence-corrected chi connectivity index (χ0v) is 17.0. The van der Waals surface area contributed by atoms with E-state index in [4.69, 9.17) is 4.74 Å². The van der Waals surface area contributed by atoms with Crippen molar-refractivity contribution in [3.8, 4) is 0 Å². The molecular formula is C23H33N4O+. The minimum Gasteiger partial charge on any atom is -0.363 e. The highest BCUT2D eigenvalue weighted by atomic mass is 16.5. The Bertz CT molecular complexity index is 830. The Morgan fingerprint density at radius 3 is 2.71 bits per heavy atom. The number of anilines is 1. The van der Waals surface area contributed by atoms with E-state index >= 15 is 0 Å². The number of ether oxygens (including phenoxy) is 1. The molecule has 0 atom stereocenters. The van der Waals surface area contributed by atoms with Gasteiger partial charge >= 0.3 is 0 Å². The first-order valence-electron chi connectivity index (χ1n) is 10.6. The SMILES string of the molecule is CCCCCCCCCOC[n+]1cccc(NCn2cnc3ccccc32)c1. The smallest absolute Gasteiger partial charge is 0.252 e. The first-order valence-corrected chi connectivity index (χ1v) is 10.6. The third-order valence-corrected chi connectivity index (χ3v) is 4.97. The molecule has 3 aromatic rings. The van der Waals surface area contributed by atoms with E-state index in [0.717, 1.165) is 29.7 Å². The number of unbranched alkanes of at least 4 members (excludes halogenated alkanes) is 6. The summed E-state index contributed by atoms with van der Waals surface area (Å²) in [7, 11) is 0. The standard InChI is InChI=1S/C23H33N4O/c1-2-3-4-5-6-7-10-16-28-20-26-15-11-12-21(17-26)24-18-27-19-25-22-13-8-9-14-23(22)27/h8-9,11-15,17,19,24H,2-7,10,16,18,20H2,1H3/q+1. The van der Waals surface area contributed by atoms with Crippen LogP contribution < -0.4 is 9.88 Å².